The van der Waals surface area contributed by atoms with Gasteiger partial charge in [0.05, 0.1) is 24.3 Å². The van der Waals surface area contributed by atoms with E-state index in [1.54, 1.807) is 18.4 Å². The van der Waals surface area contributed by atoms with Gasteiger partial charge in [-0.15, -0.1) is 11.3 Å². The number of hydrogen-bond donors (Lipinski definition) is 1. The number of nitrogens with zero attached hydrogens (tertiary/aromatic N) is 1. The van der Waals surface area contributed by atoms with E-state index in [0.29, 0.717) is 0 Å². The minimum atomic E-state index is 0.783. The summed E-state index contributed by atoms with van der Waals surface area (Å²) >= 11 is 1.71. The first kappa shape index (κ1) is 11.9. The Bertz CT molecular complexity index is 508. The molecule has 17 heavy (non-hydrogen) atoms. The lowest BCUT2D eigenvalue weighted by Crippen LogP contribution is -2.00. The number of rotatable bonds is 4. The van der Waals surface area contributed by atoms with E-state index >= 15 is 0 Å². The normalized spacial score (nSPS) is 10.3. The van der Waals surface area contributed by atoms with Gasteiger partial charge in [0.25, 0.3) is 0 Å². The molecule has 0 unspecified atom stereocenters. The third kappa shape index (κ3) is 2.97. The molecule has 0 aliphatic heterocycles. The van der Waals surface area contributed by atoms with Crippen LogP contribution >= 0.6 is 11.3 Å². The van der Waals surface area contributed by atoms with E-state index in [1.807, 2.05) is 25.3 Å². The Morgan fingerprint density at radius 3 is 2.82 bits per heavy atom. The van der Waals surface area contributed by atoms with Crippen LogP contribution in [0, 0.1) is 13.8 Å². The van der Waals surface area contributed by atoms with Crippen LogP contribution in [0.3, 0.4) is 0 Å². The monoisotopic (exact) mass is 248 g/mol. The molecule has 0 spiro atoms. The molecule has 1 N–H and O–H groups in total. The van der Waals surface area contributed by atoms with Crippen LogP contribution in [0.15, 0.2) is 24.4 Å². The average molecular weight is 248 g/mol. The van der Waals surface area contributed by atoms with Crippen molar-refractivity contribution < 1.29 is 4.74 Å². The molecule has 1 heterocycles. The average Bonchev–Trinajstić information content (AvgIpc) is 2.73. The van der Waals surface area contributed by atoms with Crippen molar-refractivity contribution >= 4 is 17.0 Å². The van der Waals surface area contributed by atoms with Crippen molar-refractivity contribution in [2.24, 2.45) is 0 Å². The van der Waals surface area contributed by atoms with Crippen LogP contribution in [0.5, 0.6) is 5.75 Å². The summed E-state index contributed by atoms with van der Waals surface area (Å²) in [4.78, 5) is 5.46. The van der Waals surface area contributed by atoms with Crippen molar-refractivity contribution in [1.82, 2.24) is 4.98 Å². The molecular formula is C13H16N2OS. The van der Waals surface area contributed by atoms with E-state index in [0.717, 1.165) is 23.0 Å². The zero-order valence-corrected chi connectivity index (χ0v) is 11.1. The second-order valence-corrected chi connectivity index (χ2v) is 5.22. The summed E-state index contributed by atoms with van der Waals surface area (Å²) in [7, 11) is 1.69. The molecule has 0 saturated carbocycles. The number of aromatic nitrogens is 1. The molecule has 2 aromatic rings. The second kappa shape index (κ2) is 5.19. The first-order valence-corrected chi connectivity index (χ1v) is 6.30. The van der Waals surface area contributed by atoms with E-state index in [4.69, 9.17) is 4.74 Å². The molecule has 0 fully saturated rings. The quantitative estimate of drug-likeness (QED) is 0.900. The van der Waals surface area contributed by atoms with Crippen molar-refractivity contribution in [1.29, 1.82) is 0 Å². The molecule has 3 nitrogen and oxygen atoms in total. The maximum Gasteiger partial charge on any atom is 0.142 e. The first-order chi connectivity index (χ1) is 8.19. The van der Waals surface area contributed by atoms with Gasteiger partial charge in [-0.05, 0) is 31.5 Å². The first-order valence-electron chi connectivity index (χ1n) is 5.49. The summed E-state index contributed by atoms with van der Waals surface area (Å²) in [6.07, 6.45) is 1.91. The van der Waals surface area contributed by atoms with Gasteiger partial charge in [-0.25, -0.2) is 4.98 Å². The van der Waals surface area contributed by atoms with Crippen molar-refractivity contribution in [3.8, 4) is 5.75 Å². The number of methoxy groups -OCH3 is 1. The Balaban J connectivity index is 2.08. The SMILES string of the molecule is COc1cc(C)ccc1NCc1cnc(C)s1. The Kier molecular flexibility index (Phi) is 3.64. The lowest BCUT2D eigenvalue weighted by atomic mass is 10.2. The number of thiazole rings is 1. The fraction of sp³-hybridized carbons (Fsp3) is 0.308. The van der Waals surface area contributed by atoms with E-state index in [2.05, 4.69) is 23.3 Å². The van der Waals surface area contributed by atoms with Gasteiger partial charge >= 0.3 is 0 Å². The highest BCUT2D eigenvalue weighted by atomic mass is 32.1. The summed E-state index contributed by atoms with van der Waals surface area (Å²) in [5, 5.41) is 4.46. The van der Waals surface area contributed by atoms with Gasteiger partial charge in [0.2, 0.25) is 0 Å². The number of hydrogen-bond acceptors (Lipinski definition) is 4. The molecule has 1 aromatic heterocycles. The molecule has 4 heteroatoms. The van der Waals surface area contributed by atoms with Crippen LogP contribution in [0.4, 0.5) is 5.69 Å². The second-order valence-electron chi connectivity index (χ2n) is 3.90. The van der Waals surface area contributed by atoms with Gasteiger partial charge < -0.3 is 10.1 Å². The maximum atomic E-state index is 5.35. The molecule has 0 bridgehead atoms. The molecule has 0 aliphatic rings. The van der Waals surface area contributed by atoms with Crippen LogP contribution in [-0.4, -0.2) is 12.1 Å². The largest absolute Gasteiger partial charge is 0.495 e. The van der Waals surface area contributed by atoms with Crippen LogP contribution in [0.2, 0.25) is 0 Å². The van der Waals surface area contributed by atoms with Crippen molar-refractivity contribution in [3.05, 3.63) is 39.8 Å². The molecule has 0 amide bonds. The third-order valence-electron chi connectivity index (χ3n) is 2.48. The van der Waals surface area contributed by atoms with E-state index < -0.39 is 0 Å². The number of nitrogens with one attached hydrogen (secondary N) is 1. The van der Waals surface area contributed by atoms with Crippen LogP contribution in [-0.2, 0) is 6.54 Å². The standard InChI is InChI=1S/C13H16N2OS/c1-9-4-5-12(13(6-9)16-3)15-8-11-7-14-10(2)17-11/h4-7,15H,8H2,1-3H3. The number of aryl methyl sites for hydroxylation is 2. The molecule has 0 atom stereocenters. The summed E-state index contributed by atoms with van der Waals surface area (Å²) in [6.45, 7) is 4.85. The summed E-state index contributed by atoms with van der Waals surface area (Å²) in [5.41, 5.74) is 2.21. The van der Waals surface area contributed by atoms with E-state index in [-0.39, 0.29) is 0 Å². The zero-order chi connectivity index (χ0) is 12.3. The Labute approximate surface area is 105 Å². The topological polar surface area (TPSA) is 34.1 Å². The molecule has 90 valence electrons. The van der Waals surface area contributed by atoms with E-state index in [9.17, 15) is 0 Å². The van der Waals surface area contributed by atoms with Crippen molar-refractivity contribution in [2.75, 3.05) is 12.4 Å². The van der Waals surface area contributed by atoms with Gasteiger partial charge in [-0.3, -0.25) is 0 Å². The predicted molar refractivity (Wildman–Crippen MR) is 71.9 cm³/mol. The number of ether oxygens (including phenoxy) is 1. The molecule has 0 saturated heterocycles. The smallest absolute Gasteiger partial charge is 0.142 e. The summed E-state index contributed by atoms with van der Waals surface area (Å²) < 4.78 is 5.35. The fourth-order valence-electron chi connectivity index (χ4n) is 1.61. The van der Waals surface area contributed by atoms with Gasteiger partial charge in [-0.2, -0.15) is 0 Å². The van der Waals surface area contributed by atoms with Gasteiger partial charge in [0, 0.05) is 11.1 Å². The summed E-state index contributed by atoms with van der Waals surface area (Å²) in [6, 6.07) is 6.14. The van der Waals surface area contributed by atoms with Gasteiger partial charge in [0.1, 0.15) is 5.75 Å². The Morgan fingerprint density at radius 2 is 2.18 bits per heavy atom. The van der Waals surface area contributed by atoms with E-state index in [1.165, 1.54) is 10.4 Å². The number of anilines is 1. The van der Waals surface area contributed by atoms with Gasteiger partial charge in [0.15, 0.2) is 0 Å². The third-order valence-corrected chi connectivity index (χ3v) is 3.39. The molecule has 2 rings (SSSR count). The highest BCUT2D eigenvalue weighted by molar-refractivity contribution is 7.11. The molecule has 1 aromatic carbocycles. The van der Waals surface area contributed by atoms with Crippen LogP contribution in [0.1, 0.15) is 15.4 Å². The molecule has 0 radical (unpaired) electrons. The predicted octanol–water partition coefficient (Wildman–Crippen LogP) is 3.38. The lowest BCUT2D eigenvalue weighted by Gasteiger charge is -2.10. The van der Waals surface area contributed by atoms with Crippen molar-refractivity contribution in [3.63, 3.8) is 0 Å². The van der Waals surface area contributed by atoms with Crippen molar-refractivity contribution in [2.45, 2.75) is 20.4 Å². The van der Waals surface area contributed by atoms with Crippen LogP contribution in [0.25, 0.3) is 0 Å². The number of benzene rings is 1. The maximum absolute atomic E-state index is 5.35. The highest BCUT2D eigenvalue weighted by Gasteiger charge is 2.03. The van der Waals surface area contributed by atoms with Crippen LogP contribution < -0.4 is 10.1 Å². The Hall–Kier alpha value is -1.55. The summed E-state index contributed by atoms with van der Waals surface area (Å²) in [5.74, 6) is 0.881. The fourth-order valence-corrected chi connectivity index (χ4v) is 2.35. The minimum absolute atomic E-state index is 0.783. The highest BCUT2D eigenvalue weighted by Crippen LogP contribution is 2.26. The zero-order valence-electron chi connectivity index (χ0n) is 10.3. The minimum Gasteiger partial charge on any atom is -0.495 e. The van der Waals surface area contributed by atoms with Gasteiger partial charge in [-0.1, -0.05) is 6.07 Å². The molecule has 0 aliphatic carbocycles. The Morgan fingerprint density at radius 1 is 1.35 bits per heavy atom. The lowest BCUT2D eigenvalue weighted by molar-refractivity contribution is 0.416. The molecular weight excluding hydrogens is 232 g/mol.